The summed E-state index contributed by atoms with van der Waals surface area (Å²) in [6.07, 6.45) is 6.43. The second-order valence-electron chi connectivity index (χ2n) is 10.2. The maximum Gasteiger partial charge on any atom is 0.241 e. The number of aliphatic hydroxyl groups excluding tert-OH is 1. The lowest BCUT2D eigenvalue weighted by Crippen LogP contribution is -2.61. The molecule has 2 nitrogen and oxygen atoms in total. The standard InChI is InChI=1S/C21H35F2NO/c1-12(25)16-5-6-17-14-8-10-21(24)11-13(19(22)23)3-4-18(21)15(14)7-9-20(16,17)2/h12-19,25H,3-11,24H2,1-2H3. The average molecular weight is 356 g/mol. The van der Waals surface area contributed by atoms with Crippen LogP contribution in [0.1, 0.15) is 71.6 Å². The van der Waals surface area contributed by atoms with Crippen molar-refractivity contribution in [2.24, 2.45) is 46.7 Å². The van der Waals surface area contributed by atoms with Crippen LogP contribution in [0.2, 0.25) is 0 Å². The molecule has 144 valence electrons. The molecule has 0 radical (unpaired) electrons. The largest absolute Gasteiger partial charge is 0.393 e. The molecule has 0 bridgehead atoms. The number of rotatable bonds is 2. The van der Waals surface area contributed by atoms with Gasteiger partial charge in [0.2, 0.25) is 6.43 Å². The van der Waals surface area contributed by atoms with Gasteiger partial charge in [0.25, 0.3) is 0 Å². The van der Waals surface area contributed by atoms with Crippen molar-refractivity contribution < 1.29 is 13.9 Å². The zero-order chi connectivity index (χ0) is 18.0. The van der Waals surface area contributed by atoms with E-state index in [1.807, 2.05) is 6.92 Å². The third-order valence-corrected chi connectivity index (χ3v) is 9.19. The van der Waals surface area contributed by atoms with Crippen LogP contribution in [0, 0.1) is 40.9 Å². The monoisotopic (exact) mass is 355 g/mol. The molecule has 0 amide bonds. The van der Waals surface area contributed by atoms with E-state index >= 15 is 0 Å². The molecule has 4 saturated carbocycles. The van der Waals surface area contributed by atoms with Gasteiger partial charge in [0, 0.05) is 11.5 Å². The van der Waals surface area contributed by atoms with E-state index in [9.17, 15) is 13.9 Å². The van der Waals surface area contributed by atoms with Gasteiger partial charge in [0.1, 0.15) is 0 Å². The van der Waals surface area contributed by atoms with Crippen molar-refractivity contribution in [1.29, 1.82) is 0 Å². The topological polar surface area (TPSA) is 46.2 Å². The lowest BCUT2D eigenvalue weighted by atomic mass is 9.47. The highest BCUT2D eigenvalue weighted by atomic mass is 19.3. The molecule has 4 heteroatoms. The van der Waals surface area contributed by atoms with Crippen molar-refractivity contribution in [2.75, 3.05) is 0 Å². The van der Waals surface area contributed by atoms with Gasteiger partial charge in [-0.05, 0) is 99.7 Å². The number of aliphatic hydroxyl groups is 1. The van der Waals surface area contributed by atoms with Gasteiger partial charge in [0.05, 0.1) is 6.10 Å². The van der Waals surface area contributed by atoms with E-state index in [1.54, 1.807) is 0 Å². The Hall–Kier alpha value is -0.220. The van der Waals surface area contributed by atoms with Crippen LogP contribution >= 0.6 is 0 Å². The number of halogens is 2. The molecular formula is C21H35F2NO. The molecule has 0 aliphatic heterocycles. The number of hydrogen-bond acceptors (Lipinski definition) is 2. The lowest BCUT2D eigenvalue weighted by Gasteiger charge is -2.59. The van der Waals surface area contributed by atoms with Gasteiger partial charge < -0.3 is 10.8 Å². The van der Waals surface area contributed by atoms with Gasteiger partial charge in [-0.1, -0.05) is 6.92 Å². The molecule has 3 N–H and O–H groups in total. The number of hydrogen-bond donors (Lipinski definition) is 2. The van der Waals surface area contributed by atoms with Gasteiger partial charge in [-0.25, -0.2) is 8.78 Å². The fourth-order valence-electron chi connectivity index (χ4n) is 8.07. The van der Waals surface area contributed by atoms with Crippen molar-refractivity contribution in [3.63, 3.8) is 0 Å². The molecular weight excluding hydrogens is 320 g/mol. The Morgan fingerprint density at radius 2 is 1.60 bits per heavy atom. The summed E-state index contributed by atoms with van der Waals surface area (Å²) >= 11 is 0. The molecule has 4 aliphatic rings. The fourth-order valence-corrected chi connectivity index (χ4v) is 8.07. The van der Waals surface area contributed by atoms with Crippen LogP contribution in [0.3, 0.4) is 0 Å². The number of nitrogens with two attached hydrogens (primary N) is 1. The van der Waals surface area contributed by atoms with Crippen molar-refractivity contribution >= 4 is 0 Å². The molecule has 4 fully saturated rings. The quantitative estimate of drug-likeness (QED) is 0.760. The average Bonchev–Trinajstić information content (AvgIpc) is 2.90. The van der Waals surface area contributed by atoms with E-state index in [1.165, 1.54) is 19.3 Å². The minimum Gasteiger partial charge on any atom is -0.393 e. The maximum atomic E-state index is 13.2. The molecule has 25 heavy (non-hydrogen) atoms. The number of fused-ring (bicyclic) bond motifs is 5. The zero-order valence-electron chi connectivity index (χ0n) is 15.8. The molecule has 0 aromatic carbocycles. The van der Waals surface area contributed by atoms with Crippen LogP contribution in [0.4, 0.5) is 8.78 Å². The molecule has 4 rings (SSSR count). The highest BCUT2D eigenvalue weighted by Gasteiger charge is 2.60. The Morgan fingerprint density at radius 3 is 2.28 bits per heavy atom. The third-order valence-electron chi connectivity index (χ3n) is 9.19. The van der Waals surface area contributed by atoms with E-state index in [0.29, 0.717) is 42.4 Å². The maximum absolute atomic E-state index is 13.2. The predicted molar refractivity (Wildman–Crippen MR) is 95.2 cm³/mol. The Labute approximate surface area is 150 Å². The first kappa shape index (κ1) is 18.2. The third kappa shape index (κ3) is 2.69. The molecule has 0 heterocycles. The summed E-state index contributed by atoms with van der Waals surface area (Å²) < 4.78 is 26.5. The van der Waals surface area contributed by atoms with Crippen LogP contribution in [0.5, 0.6) is 0 Å². The Balaban J connectivity index is 1.55. The first-order chi connectivity index (χ1) is 11.8. The van der Waals surface area contributed by atoms with Crippen LogP contribution in [-0.2, 0) is 0 Å². The minimum atomic E-state index is -2.21. The molecule has 0 saturated heterocycles. The molecule has 9 unspecified atom stereocenters. The number of alkyl halides is 2. The summed E-state index contributed by atoms with van der Waals surface area (Å²) in [5, 5.41) is 10.3. The summed E-state index contributed by atoms with van der Waals surface area (Å²) in [5.41, 5.74) is 6.69. The van der Waals surface area contributed by atoms with Crippen LogP contribution in [0.15, 0.2) is 0 Å². The van der Waals surface area contributed by atoms with Crippen LogP contribution < -0.4 is 5.73 Å². The van der Waals surface area contributed by atoms with Crippen LogP contribution in [0.25, 0.3) is 0 Å². The van der Waals surface area contributed by atoms with Gasteiger partial charge in [-0.3, -0.25) is 0 Å². The predicted octanol–water partition coefficient (Wildman–Crippen LogP) is 4.60. The van der Waals surface area contributed by atoms with Crippen molar-refractivity contribution in [2.45, 2.75) is 89.7 Å². The first-order valence-corrected chi connectivity index (χ1v) is 10.5. The lowest BCUT2D eigenvalue weighted by molar-refractivity contribution is -0.0989. The normalized spacial score (nSPS) is 53.9. The summed E-state index contributed by atoms with van der Waals surface area (Å²) in [6.45, 7) is 4.37. The molecule has 0 aromatic rings. The highest BCUT2D eigenvalue weighted by molar-refractivity contribution is 5.11. The Bertz CT molecular complexity index is 512. The fraction of sp³-hybridized carbons (Fsp3) is 1.00. The molecule has 9 atom stereocenters. The molecule has 0 spiro atoms. The molecule has 4 aliphatic carbocycles. The van der Waals surface area contributed by atoms with Crippen LogP contribution in [-0.4, -0.2) is 23.2 Å². The zero-order valence-corrected chi connectivity index (χ0v) is 15.8. The van der Waals surface area contributed by atoms with E-state index in [-0.39, 0.29) is 17.1 Å². The van der Waals surface area contributed by atoms with E-state index < -0.39 is 12.3 Å². The van der Waals surface area contributed by atoms with E-state index in [4.69, 9.17) is 5.73 Å². The second-order valence-corrected chi connectivity index (χ2v) is 10.2. The van der Waals surface area contributed by atoms with Gasteiger partial charge in [0.15, 0.2) is 0 Å². The summed E-state index contributed by atoms with van der Waals surface area (Å²) in [6, 6.07) is 0. The summed E-state index contributed by atoms with van der Waals surface area (Å²) in [5.74, 6) is 2.41. The second kappa shape index (κ2) is 6.15. The molecule has 0 aromatic heterocycles. The van der Waals surface area contributed by atoms with Gasteiger partial charge in [-0.15, -0.1) is 0 Å². The van der Waals surface area contributed by atoms with Gasteiger partial charge >= 0.3 is 0 Å². The smallest absolute Gasteiger partial charge is 0.241 e. The first-order valence-electron chi connectivity index (χ1n) is 10.5. The SMILES string of the molecule is CC(O)C1CCC2C3CCC4(N)CC(C(F)F)CCC4C3CCC12C. The van der Waals surface area contributed by atoms with Crippen molar-refractivity contribution in [1.82, 2.24) is 0 Å². The highest BCUT2D eigenvalue weighted by Crippen LogP contribution is 2.65. The van der Waals surface area contributed by atoms with E-state index in [0.717, 1.165) is 25.7 Å². The summed E-state index contributed by atoms with van der Waals surface area (Å²) in [4.78, 5) is 0. The van der Waals surface area contributed by atoms with Crippen molar-refractivity contribution in [3.8, 4) is 0 Å². The van der Waals surface area contributed by atoms with E-state index in [2.05, 4.69) is 6.92 Å². The Morgan fingerprint density at radius 1 is 0.960 bits per heavy atom. The van der Waals surface area contributed by atoms with Gasteiger partial charge in [-0.2, -0.15) is 0 Å². The summed E-state index contributed by atoms with van der Waals surface area (Å²) in [7, 11) is 0. The Kier molecular flexibility index (Phi) is 4.47. The van der Waals surface area contributed by atoms with Crippen molar-refractivity contribution in [3.05, 3.63) is 0 Å². The minimum absolute atomic E-state index is 0.217.